The molecule has 0 spiro atoms. The Balaban J connectivity index is 2.00. The summed E-state index contributed by atoms with van der Waals surface area (Å²) in [6, 6.07) is 7.84. The Hall–Kier alpha value is -2.64. The van der Waals surface area contributed by atoms with Crippen LogP contribution in [0, 0.1) is 5.82 Å². The summed E-state index contributed by atoms with van der Waals surface area (Å²) >= 11 is 5.80. The first-order chi connectivity index (χ1) is 13.0. The van der Waals surface area contributed by atoms with E-state index in [0.717, 1.165) is 0 Å². The maximum atomic E-state index is 14.1. The molecule has 1 heterocycles. The highest BCUT2D eigenvalue weighted by Gasteiger charge is 2.15. The molecule has 0 aliphatic rings. The topological polar surface area (TPSA) is 65.5 Å². The first-order valence-corrected chi connectivity index (χ1v) is 8.72. The molecule has 27 heavy (non-hydrogen) atoms. The van der Waals surface area contributed by atoms with Gasteiger partial charge in [-0.2, -0.15) is 0 Å². The number of nitrogens with one attached hydrogen (secondary N) is 1. The predicted octanol–water partition coefficient (Wildman–Crippen LogP) is 4.94. The van der Waals surface area contributed by atoms with E-state index in [2.05, 4.69) is 15.3 Å². The third-order valence-corrected chi connectivity index (χ3v) is 4.03. The molecule has 8 heteroatoms. The fraction of sp³-hybridized carbons (Fsp3) is 0.263. The van der Waals surface area contributed by atoms with Crippen molar-refractivity contribution < 1.29 is 18.6 Å². The van der Waals surface area contributed by atoms with Crippen molar-refractivity contribution >= 4 is 34.0 Å². The van der Waals surface area contributed by atoms with E-state index in [1.807, 2.05) is 6.92 Å². The minimum Gasteiger partial charge on any atom is -0.493 e. The normalized spacial score (nSPS) is 12.0. The van der Waals surface area contributed by atoms with Gasteiger partial charge in [-0.1, -0.05) is 11.6 Å². The van der Waals surface area contributed by atoms with E-state index in [1.165, 1.54) is 19.5 Å². The van der Waals surface area contributed by atoms with Crippen molar-refractivity contribution in [1.29, 1.82) is 0 Å². The Labute approximate surface area is 161 Å². The summed E-state index contributed by atoms with van der Waals surface area (Å²) in [5.74, 6) is 0.937. The lowest BCUT2D eigenvalue weighted by atomic mass is 10.2. The molecule has 2 aromatic carbocycles. The van der Waals surface area contributed by atoms with E-state index in [-0.39, 0.29) is 5.69 Å². The average molecular weight is 392 g/mol. The Morgan fingerprint density at radius 2 is 2.00 bits per heavy atom. The van der Waals surface area contributed by atoms with Crippen LogP contribution in [0.2, 0.25) is 5.02 Å². The summed E-state index contributed by atoms with van der Waals surface area (Å²) in [5, 5.41) is 3.94. The van der Waals surface area contributed by atoms with Crippen LogP contribution in [0.1, 0.15) is 13.8 Å². The third-order valence-electron chi connectivity index (χ3n) is 3.80. The fourth-order valence-electron chi connectivity index (χ4n) is 2.58. The Kier molecular flexibility index (Phi) is 5.93. The number of hydrogen-bond acceptors (Lipinski definition) is 6. The molecule has 1 atom stereocenters. The van der Waals surface area contributed by atoms with Crippen LogP contribution >= 0.6 is 11.6 Å². The predicted molar refractivity (Wildman–Crippen MR) is 102 cm³/mol. The lowest BCUT2D eigenvalue weighted by Gasteiger charge is -2.17. The number of fused-ring (bicyclic) bond motifs is 1. The van der Waals surface area contributed by atoms with Crippen LogP contribution in [0.15, 0.2) is 36.7 Å². The summed E-state index contributed by atoms with van der Waals surface area (Å²) in [4.78, 5) is 8.49. The molecule has 0 radical (unpaired) electrons. The second-order valence-corrected chi connectivity index (χ2v) is 6.07. The highest BCUT2D eigenvalue weighted by molar-refractivity contribution is 6.30. The van der Waals surface area contributed by atoms with Gasteiger partial charge in [-0.15, -0.1) is 0 Å². The lowest BCUT2D eigenvalue weighted by molar-refractivity contribution is -0.0622. The number of rotatable bonds is 7. The summed E-state index contributed by atoms with van der Waals surface area (Å²) < 4.78 is 30.7. The maximum absolute atomic E-state index is 14.1. The lowest BCUT2D eigenvalue weighted by Crippen LogP contribution is -2.16. The molecule has 0 saturated heterocycles. The molecule has 0 saturated carbocycles. The highest BCUT2D eigenvalue weighted by atomic mass is 35.5. The number of aromatic nitrogens is 2. The van der Waals surface area contributed by atoms with E-state index < -0.39 is 12.1 Å². The van der Waals surface area contributed by atoms with Crippen molar-refractivity contribution in [1.82, 2.24) is 9.97 Å². The van der Waals surface area contributed by atoms with Crippen molar-refractivity contribution in [2.75, 3.05) is 19.0 Å². The van der Waals surface area contributed by atoms with E-state index in [9.17, 15) is 4.39 Å². The molecule has 3 aromatic rings. The van der Waals surface area contributed by atoms with Gasteiger partial charge in [0.15, 0.2) is 17.8 Å². The number of halogens is 2. The summed E-state index contributed by atoms with van der Waals surface area (Å²) in [6.45, 7) is 4.21. The SMILES string of the molecule is CCOC(C)Oc1cc2ncnc(Nc3ccc(Cl)cc3F)c2cc1OC. The first kappa shape index (κ1) is 19.1. The number of hydrogen-bond donors (Lipinski definition) is 1. The van der Waals surface area contributed by atoms with Gasteiger partial charge in [0.05, 0.1) is 18.3 Å². The fourth-order valence-corrected chi connectivity index (χ4v) is 2.74. The molecule has 1 aromatic heterocycles. The van der Waals surface area contributed by atoms with Crippen molar-refractivity contribution in [2.24, 2.45) is 0 Å². The average Bonchev–Trinajstić information content (AvgIpc) is 2.64. The molecular weight excluding hydrogens is 373 g/mol. The van der Waals surface area contributed by atoms with Crippen LogP contribution in [-0.4, -0.2) is 30.0 Å². The molecule has 0 bridgehead atoms. The molecular formula is C19H19ClFN3O3. The zero-order valence-electron chi connectivity index (χ0n) is 15.1. The summed E-state index contributed by atoms with van der Waals surface area (Å²) in [5.41, 5.74) is 0.866. The number of nitrogens with zero attached hydrogens (tertiary/aromatic N) is 2. The molecule has 3 rings (SSSR count). The Morgan fingerprint density at radius 3 is 2.70 bits per heavy atom. The Morgan fingerprint density at radius 1 is 1.19 bits per heavy atom. The summed E-state index contributed by atoms with van der Waals surface area (Å²) in [7, 11) is 1.54. The number of benzene rings is 2. The van der Waals surface area contributed by atoms with Gasteiger partial charge in [0.1, 0.15) is 18.0 Å². The molecule has 1 unspecified atom stereocenters. The van der Waals surface area contributed by atoms with Crippen LogP contribution in [0.4, 0.5) is 15.9 Å². The van der Waals surface area contributed by atoms with E-state index in [0.29, 0.717) is 39.8 Å². The molecule has 6 nitrogen and oxygen atoms in total. The number of methoxy groups -OCH3 is 1. The van der Waals surface area contributed by atoms with Gasteiger partial charge in [-0.05, 0) is 38.1 Å². The smallest absolute Gasteiger partial charge is 0.197 e. The number of ether oxygens (including phenoxy) is 3. The monoisotopic (exact) mass is 391 g/mol. The highest BCUT2D eigenvalue weighted by Crippen LogP contribution is 2.35. The zero-order chi connectivity index (χ0) is 19.4. The third kappa shape index (κ3) is 4.37. The van der Waals surface area contributed by atoms with Gasteiger partial charge < -0.3 is 19.5 Å². The van der Waals surface area contributed by atoms with Crippen molar-refractivity contribution in [3.05, 3.63) is 47.5 Å². The van der Waals surface area contributed by atoms with Gasteiger partial charge in [0, 0.05) is 23.1 Å². The van der Waals surface area contributed by atoms with E-state index >= 15 is 0 Å². The van der Waals surface area contributed by atoms with Gasteiger partial charge >= 0.3 is 0 Å². The van der Waals surface area contributed by atoms with Crippen LogP contribution in [-0.2, 0) is 4.74 Å². The minimum absolute atomic E-state index is 0.253. The molecule has 0 amide bonds. The summed E-state index contributed by atoms with van der Waals surface area (Å²) in [6.07, 6.45) is 0.949. The van der Waals surface area contributed by atoms with Crippen molar-refractivity contribution in [3.63, 3.8) is 0 Å². The molecule has 1 N–H and O–H groups in total. The molecule has 0 fully saturated rings. The van der Waals surface area contributed by atoms with Crippen LogP contribution in [0.3, 0.4) is 0 Å². The van der Waals surface area contributed by atoms with Gasteiger partial charge in [-0.3, -0.25) is 0 Å². The maximum Gasteiger partial charge on any atom is 0.197 e. The largest absolute Gasteiger partial charge is 0.493 e. The van der Waals surface area contributed by atoms with Gasteiger partial charge in [0.25, 0.3) is 0 Å². The van der Waals surface area contributed by atoms with Crippen molar-refractivity contribution in [2.45, 2.75) is 20.1 Å². The van der Waals surface area contributed by atoms with Crippen LogP contribution in [0.5, 0.6) is 11.5 Å². The van der Waals surface area contributed by atoms with Gasteiger partial charge in [0.2, 0.25) is 0 Å². The van der Waals surface area contributed by atoms with E-state index in [4.69, 9.17) is 25.8 Å². The molecule has 0 aliphatic heterocycles. The second-order valence-electron chi connectivity index (χ2n) is 5.63. The van der Waals surface area contributed by atoms with Gasteiger partial charge in [-0.25, -0.2) is 14.4 Å². The quantitative estimate of drug-likeness (QED) is 0.576. The molecule has 0 aliphatic carbocycles. The first-order valence-electron chi connectivity index (χ1n) is 8.35. The minimum atomic E-state index is -0.480. The van der Waals surface area contributed by atoms with Crippen LogP contribution < -0.4 is 14.8 Å². The zero-order valence-corrected chi connectivity index (χ0v) is 15.9. The molecule has 142 valence electrons. The number of anilines is 2. The van der Waals surface area contributed by atoms with Crippen LogP contribution in [0.25, 0.3) is 10.9 Å². The second kappa shape index (κ2) is 8.37. The van der Waals surface area contributed by atoms with E-state index in [1.54, 1.807) is 31.2 Å². The van der Waals surface area contributed by atoms with Crippen molar-refractivity contribution in [3.8, 4) is 11.5 Å². The standard InChI is InChI=1S/C19H19ClFN3O3/c1-4-26-11(2)27-18-9-16-13(8-17(18)25-3)19(23-10-22-16)24-15-6-5-12(20)7-14(15)21/h5-11H,4H2,1-3H3,(H,22,23,24). The Bertz CT molecular complexity index is 955.